The predicted octanol–water partition coefficient (Wildman–Crippen LogP) is 1.58. The highest BCUT2D eigenvalue weighted by molar-refractivity contribution is 5.82. The number of benzene rings is 1. The average Bonchev–Trinajstić information content (AvgIpc) is 2.77. The van der Waals surface area contributed by atoms with Gasteiger partial charge in [-0.1, -0.05) is 24.1 Å². The lowest BCUT2D eigenvalue weighted by Gasteiger charge is -2.15. The Balaban J connectivity index is 2.32. The topological polar surface area (TPSA) is 58.4 Å². The lowest BCUT2D eigenvalue weighted by Crippen LogP contribution is -2.30. The summed E-state index contributed by atoms with van der Waals surface area (Å²) in [5, 5.41) is 14.5. The summed E-state index contributed by atoms with van der Waals surface area (Å²) < 4.78 is 1.92. The van der Waals surface area contributed by atoms with Crippen molar-refractivity contribution >= 4 is 16.9 Å². The number of terminal acetylenes is 1. The van der Waals surface area contributed by atoms with E-state index in [9.17, 15) is 4.79 Å². The number of hydrogen-bond donors (Lipinski definition) is 1. The van der Waals surface area contributed by atoms with Crippen molar-refractivity contribution in [2.45, 2.75) is 20.0 Å². The molecule has 0 amide bonds. The maximum Gasteiger partial charge on any atom is 0.317 e. The standard InChI is InChI=1S/C15H17N3O2/c1-3-9-17(11-15(19)20)10-13-12-7-5-6-8-14(12)18(4-2)16-13/h1,5-8H,4,9-11H2,2H3,(H,19,20). The van der Waals surface area contributed by atoms with Gasteiger partial charge >= 0.3 is 5.97 Å². The molecule has 0 bridgehead atoms. The van der Waals surface area contributed by atoms with E-state index >= 15 is 0 Å². The predicted molar refractivity (Wildman–Crippen MR) is 77.2 cm³/mol. The summed E-state index contributed by atoms with van der Waals surface area (Å²) in [6.45, 7) is 3.44. The number of carboxylic acid groups (broad SMARTS) is 1. The molecule has 2 rings (SSSR count). The highest BCUT2D eigenvalue weighted by Crippen LogP contribution is 2.19. The summed E-state index contributed by atoms with van der Waals surface area (Å²) in [6, 6.07) is 7.93. The molecule has 0 atom stereocenters. The molecular formula is C15H17N3O2. The average molecular weight is 271 g/mol. The third-order valence-corrected chi connectivity index (χ3v) is 3.08. The molecule has 0 aliphatic rings. The molecule has 104 valence electrons. The summed E-state index contributed by atoms with van der Waals surface area (Å²) >= 11 is 0. The van der Waals surface area contributed by atoms with E-state index in [1.807, 2.05) is 35.9 Å². The molecule has 0 aliphatic heterocycles. The Kier molecular flexibility index (Phi) is 4.38. The molecule has 1 heterocycles. The van der Waals surface area contributed by atoms with Crippen molar-refractivity contribution in [3.63, 3.8) is 0 Å². The van der Waals surface area contributed by atoms with E-state index in [-0.39, 0.29) is 6.54 Å². The van der Waals surface area contributed by atoms with Gasteiger partial charge in [0.15, 0.2) is 0 Å². The molecule has 0 radical (unpaired) electrons. The molecule has 5 nitrogen and oxygen atoms in total. The molecule has 1 N–H and O–H groups in total. The van der Waals surface area contributed by atoms with E-state index in [1.165, 1.54) is 0 Å². The summed E-state index contributed by atoms with van der Waals surface area (Å²) in [4.78, 5) is 12.6. The van der Waals surface area contributed by atoms with Crippen LogP contribution in [-0.2, 0) is 17.9 Å². The first-order chi connectivity index (χ1) is 9.65. The summed E-state index contributed by atoms with van der Waals surface area (Å²) in [6.07, 6.45) is 5.29. The minimum Gasteiger partial charge on any atom is -0.480 e. The van der Waals surface area contributed by atoms with Gasteiger partial charge < -0.3 is 5.11 Å². The fourth-order valence-electron chi connectivity index (χ4n) is 2.25. The molecule has 20 heavy (non-hydrogen) atoms. The monoisotopic (exact) mass is 271 g/mol. The van der Waals surface area contributed by atoms with Crippen LogP contribution in [0.15, 0.2) is 24.3 Å². The second-order valence-corrected chi connectivity index (χ2v) is 4.52. The zero-order valence-corrected chi connectivity index (χ0v) is 11.4. The van der Waals surface area contributed by atoms with Gasteiger partial charge in [-0.05, 0) is 13.0 Å². The van der Waals surface area contributed by atoms with Gasteiger partial charge in [-0.15, -0.1) is 6.42 Å². The van der Waals surface area contributed by atoms with Gasteiger partial charge in [-0.25, -0.2) is 0 Å². The van der Waals surface area contributed by atoms with Crippen molar-refractivity contribution in [2.24, 2.45) is 0 Å². The number of aliphatic carboxylic acids is 1. The van der Waals surface area contributed by atoms with Crippen molar-refractivity contribution < 1.29 is 9.90 Å². The van der Waals surface area contributed by atoms with Crippen LogP contribution in [0.1, 0.15) is 12.6 Å². The second kappa shape index (κ2) is 6.22. The van der Waals surface area contributed by atoms with Crippen LogP contribution in [0.3, 0.4) is 0 Å². The molecule has 1 aromatic heterocycles. The molecule has 0 spiro atoms. The van der Waals surface area contributed by atoms with Crippen molar-refractivity contribution in [2.75, 3.05) is 13.1 Å². The number of aryl methyl sites for hydroxylation is 1. The molecule has 0 unspecified atom stereocenters. The molecule has 5 heteroatoms. The first kappa shape index (κ1) is 14.1. The highest BCUT2D eigenvalue weighted by Gasteiger charge is 2.14. The summed E-state index contributed by atoms with van der Waals surface area (Å²) in [7, 11) is 0. The van der Waals surface area contributed by atoms with Crippen LogP contribution < -0.4 is 0 Å². The Morgan fingerprint density at radius 3 is 2.90 bits per heavy atom. The van der Waals surface area contributed by atoms with Crippen molar-refractivity contribution in [1.29, 1.82) is 0 Å². The zero-order chi connectivity index (χ0) is 14.5. The summed E-state index contributed by atoms with van der Waals surface area (Å²) in [5.74, 6) is 1.60. The zero-order valence-electron chi connectivity index (χ0n) is 11.4. The lowest BCUT2D eigenvalue weighted by atomic mass is 10.2. The number of carbonyl (C=O) groups is 1. The number of para-hydroxylation sites is 1. The van der Waals surface area contributed by atoms with Gasteiger partial charge in [0.05, 0.1) is 24.3 Å². The minimum atomic E-state index is -0.889. The Bertz CT molecular complexity index is 655. The van der Waals surface area contributed by atoms with Crippen LogP contribution in [0.2, 0.25) is 0 Å². The second-order valence-electron chi connectivity index (χ2n) is 4.52. The molecule has 2 aromatic rings. The van der Waals surface area contributed by atoms with Crippen molar-refractivity contribution in [3.05, 3.63) is 30.0 Å². The van der Waals surface area contributed by atoms with Crippen LogP contribution in [0.5, 0.6) is 0 Å². The van der Waals surface area contributed by atoms with Gasteiger partial charge in [0.1, 0.15) is 0 Å². The SMILES string of the molecule is C#CCN(CC(=O)O)Cc1nn(CC)c2ccccc12. The molecule has 0 saturated carbocycles. The van der Waals surface area contributed by atoms with Crippen molar-refractivity contribution in [1.82, 2.24) is 14.7 Å². The molecule has 1 aromatic carbocycles. The van der Waals surface area contributed by atoms with Crippen LogP contribution in [0.4, 0.5) is 0 Å². The third kappa shape index (κ3) is 2.98. The normalized spacial score (nSPS) is 10.8. The fraction of sp³-hybridized carbons (Fsp3) is 0.333. The maximum absolute atomic E-state index is 10.9. The van der Waals surface area contributed by atoms with Crippen molar-refractivity contribution in [3.8, 4) is 12.3 Å². The van der Waals surface area contributed by atoms with E-state index in [0.29, 0.717) is 13.1 Å². The van der Waals surface area contributed by atoms with E-state index in [1.54, 1.807) is 4.90 Å². The molecular weight excluding hydrogens is 254 g/mol. The number of aromatic nitrogens is 2. The maximum atomic E-state index is 10.9. The van der Waals surface area contributed by atoms with E-state index in [0.717, 1.165) is 23.1 Å². The minimum absolute atomic E-state index is 0.0858. The molecule has 0 saturated heterocycles. The fourth-order valence-corrected chi connectivity index (χ4v) is 2.25. The van der Waals surface area contributed by atoms with Crippen LogP contribution in [0, 0.1) is 12.3 Å². The van der Waals surface area contributed by atoms with Crippen LogP contribution >= 0.6 is 0 Å². The Labute approximate surface area is 117 Å². The Morgan fingerprint density at radius 2 is 2.25 bits per heavy atom. The van der Waals surface area contributed by atoms with E-state index in [4.69, 9.17) is 11.5 Å². The quantitative estimate of drug-likeness (QED) is 0.810. The first-order valence-electron chi connectivity index (χ1n) is 6.47. The largest absolute Gasteiger partial charge is 0.480 e. The van der Waals surface area contributed by atoms with Gasteiger partial charge in [0.2, 0.25) is 0 Å². The van der Waals surface area contributed by atoms with E-state index < -0.39 is 5.97 Å². The Morgan fingerprint density at radius 1 is 1.50 bits per heavy atom. The first-order valence-corrected chi connectivity index (χ1v) is 6.47. The van der Waals surface area contributed by atoms with Crippen LogP contribution in [-0.4, -0.2) is 38.8 Å². The third-order valence-electron chi connectivity index (χ3n) is 3.08. The smallest absolute Gasteiger partial charge is 0.317 e. The van der Waals surface area contributed by atoms with Gasteiger partial charge in [0.25, 0.3) is 0 Å². The van der Waals surface area contributed by atoms with Gasteiger partial charge in [0, 0.05) is 18.5 Å². The van der Waals surface area contributed by atoms with E-state index in [2.05, 4.69) is 11.0 Å². The number of hydrogen-bond acceptors (Lipinski definition) is 3. The summed E-state index contributed by atoms with van der Waals surface area (Å²) in [5.41, 5.74) is 1.92. The van der Waals surface area contributed by atoms with Gasteiger partial charge in [-0.2, -0.15) is 5.10 Å². The Hall–Kier alpha value is -2.32. The van der Waals surface area contributed by atoms with Gasteiger partial charge in [-0.3, -0.25) is 14.4 Å². The number of nitrogens with zero attached hydrogens (tertiary/aromatic N) is 3. The molecule has 0 aliphatic carbocycles. The number of rotatable bonds is 6. The molecule has 0 fully saturated rings. The number of fused-ring (bicyclic) bond motifs is 1. The lowest BCUT2D eigenvalue weighted by molar-refractivity contribution is -0.138. The highest BCUT2D eigenvalue weighted by atomic mass is 16.4. The van der Waals surface area contributed by atoms with Crippen LogP contribution in [0.25, 0.3) is 10.9 Å². The number of carboxylic acids is 1.